The highest BCUT2D eigenvalue weighted by Gasteiger charge is 2.08. The summed E-state index contributed by atoms with van der Waals surface area (Å²) in [5.41, 5.74) is 0.831. The van der Waals surface area contributed by atoms with Gasteiger partial charge in [0.15, 0.2) is 5.78 Å². The average Bonchev–Trinajstić information content (AvgIpc) is 2.27. The number of hydrogen-bond donors (Lipinski definition) is 1. The Bertz CT molecular complexity index is 366. The average molecular weight is 242 g/mol. The van der Waals surface area contributed by atoms with Crippen molar-refractivity contribution in [3.8, 4) is 5.75 Å². The molecule has 0 atom stereocenters. The molecule has 4 heteroatoms. The lowest BCUT2D eigenvalue weighted by molar-refractivity contribution is -0.117. The van der Waals surface area contributed by atoms with Crippen LogP contribution in [-0.2, 0) is 11.2 Å². The van der Waals surface area contributed by atoms with E-state index in [9.17, 15) is 4.79 Å². The number of halogens is 1. The van der Waals surface area contributed by atoms with Gasteiger partial charge in [0.2, 0.25) is 0 Å². The number of ketones is 1. The molecule has 3 nitrogen and oxygen atoms in total. The van der Waals surface area contributed by atoms with Crippen LogP contribution in [0.2, 0.25) is 5.02 Å². The van der Waals surface area contributed by atoms with E-state index in [0.717, 1.165) is 12.1 Å². The van der Waals surface area contributed by atoms with Gasteiger partial charge in [-0.3, -0.25) is 4.79 Å². The summed E-state index contributed by atoms with van der Waals surface area (Å²) in [6.07, 6.45) is 0.344. The number of likely N-dealkylation sites (N-methyl/N-ethyl adjacent to an activating group) is 1. The Balaban J connectivity index is 2.71. The summed E-state index contributed by atoms with van der Waals surface area (Å²) in [4.78, 5) is 11.6. The smallest absolute Gasteiger partial charge is 0.151 e. The van der Waals surface area contributed by atoms with E-state index < -0.39 is 0 Å². The molecule has 0 saturated heterocycles. The third-order valence-corrected chi connectivity index (χ3v) is 2.44. The maximum Gasteiger partial charge on any atom is 0.151 e. The Morgan fingerprint density at radius 1 is 1.50 bits per heavy atom. The molecule has 0 heterocycles. The van der Waals surface area contributed by atoms with Gasteiger partial charge in [-0.15, -0.1) is 0 Å². The van der Waals surface area contributed by atoms with Gasteiger partial charge in [0.25, 0.3) is 0 Å². The lowest BCUT2D eigenvalue weighted by Crippen LogP contribution is -2.23. The Morgan fingerprint density at radius 3 is 2.88 bits per heavy atom. The molecule has 1 aromatic carbocycles. The van der Waals surface area contributed by atoms with E-state index >= 15 is 0 Å². The fourth-order valence-corrected chi connectivity index (χ4v) is 1.62. The van der Waals surface area contributed by atoms with Crippen LogP contribution in [0.25, 0.3) is 0 Å². The van der Waals surface area contributed by atoms with Crippen molar-refractivity contribution >= 4 is 17.4 Å². The van der Waals surface area contributed by atoms with Crippen LogP contribution in [0.4, 0.5) is 0 Å². The monoisotopic (exact) mass is 241 g/mol. The Kier molecular flexibility index (Phi) is 5.29. The topological polar surface area (TPSA) is 38.3 Å². The third-order valence-electron chi connectivity index (χ3n) is 2.20. The van der Waals surface area contributed by atoms with E-state index in [0.29, 0.717) is 23.7 Å². The summed E-state index contributed by atoms with van der Waals surface area (Å²) in [5, 5.41) is 3.61. The third kappa shape index (κ3) is 3.83. The van der Waals surface area contributed by atoms with Crippen LogP contribution < -0.4 is 10.1 Å². The van der Waals surface area contributed by atoms with Crippen molar-refractivity contribution in [3.63, 3.8) is 0 Å². The van der Waals surface area contributed by atoms with Crippen molar-refractivity contribution in [1.29, 1.82) is 0 Å². The van der Waals surface area contributed by atoms with E-state index in [2.05, 4.69) is 5.32 Å². The zero-order chi connectivity index (χ0) is 12.0. The van der Waals surface area contributed by atoms with E-state index in [4.69, 9.17) is 16.3 Å². The number of carbonyl (C=O) groups excluding carboxylic acids is 1. The van der Waals surface area contributed by atoms with Gasteiger partial charge in [0, 0.05) is 17.0 Å². The van der Waals surface area contributed by atoms with Gasteiger partial charge in [-0.25, -0.2) is 0 Å². The van der Waals surface area contributed by atoms with Gasteiger partial charge in [-0.2, -0.15) is 0 Å². The first-order chi connectivity index (χ1) is 7.67. The minimum absolute atomic E-state index is 0.127. The largest absolute Gasteiger partial charge is 0.496 e. The fraction of sp³-hybridized carbons (Fsp3) is 0.417. The summed E-state index contributed by atoms with van der Waals surface area (Å²) in [7, 11) is 1.58. The van der Waals surface area contributed by atoms with Crippen LogP contribution >= 0.6 is 11.6 Å². The van der Waals surface area contributed by atoms with E-state index in [1.54, 1.807) is 25.3 Å². The second-order valence-electron chi connectivity index (χ2n) is 3.45. The number of nitrogens with one attached hydrogen (secondary N) is 1. The SMILES string of the molecule is CCNCC(=O)Cc1cc(Cl)ccc1OC. The number of methoxy groups -OCH3 is 1. The summed E-state index contributed by atoms with van der Waals surface area (Å²) in [6, 6.07) is 5.29. The number of benzene rings is 1. The first-order valence-electron chi connectivity index (χ1n) is 5.22. The summed E-state index contributed by atoms with van der Waals surface area (Å²) >= 11 is 5.88. The molecule has 0 aliphatic rings. The second-order valence-corrected chi connectivity index (χ2v) is 3.89. The van der Waals surface area contributed by atoms with Gasteiger partial charge in [0.05, 0.1) is 13.7 Å². The first-order valence-corrected chi connectivity index (χ1v) is 5.60. The van der Waals surface area contributed by atoms with E-state index in [1.165, 1.54) is 0 Å². The van der Waals surface area contributed by atoms with E-state index in [1.807, 2.05) is 6.92 Å². The molecule has 0 unspecified atom stereocenters. The molecule has 0 aromatic heterocycles. The highest BCUT2D eigenvalue weighted by molar-refractivity contribution is 6.30. The molecular weight excluding hydrogens is 226 g/mol. The molecule has 1 aromatic rings. The van der Waals surface area contributed by atoms with Gasteiger partial charge in [-0.1, -0.05) is 18.5 Å². The Morgan fingerprint density at radius 2 is 2.25 bits per heavy atom. The van der Waals surface area contributed by atoms with Crippen molar-refractivity contribution in [1.82, 2.24) is 5.32 Å². The molecule has 0 bridgehead atoms. The number of ether oxygens (including phenoxy) is 1. The van der Waals surface area contributed by atoms with Crippen LogP contribution in [-0.4, -0.2) is 26.0 Å². The van der Waals surface area contributed by atoms with Crippen molar-refractivity contribution in [3.05, 3.63) is 28.8 Å². The van der Waals surface area contributed by atoms with Crippen LogP contribution in [0.5, 0.6) is 5.75 Å². The molecule has 0 radical (unpaired) electrons. The molecule has 0 fully saturated rings. The molecule has 16 heavy (non-hydrogen) atoms. The maximum absolute atomic E-state index is 11.6. The summed E-state index contributed by atoms with van der Waals surface area (Å²) in [6.45, 7) is 3.14. The van der Waals surface area contributed by atoms with Gasteiger partial charge >= 0.3 is 0 Å². The quantitative estimate of drug-likeness (QED) is 0.829. The zero-order valence-electron chi connectivity index (χ0n) is 9.55. The maximum atomic E-state index is 11.6. The molecule has 1 rings (SSSR count). The molecule has 1 N–H and O–H groups in total. The summed E-state index contributed by atoms with van der Waals surface area (Å²) in [5.74, 6) is 0.830. The van der Waals surface area contributed by atoms with Crippen molar-refractivity contribution in [2.24, 2.45) is 0 Å². The highest BCUT2D eigenvalue weighted by Crippen LogP contribution is 2.23. The predicted molar refractivity (Wildman–Crippen MR) is 65.3 cm³/mol. The molecule has 0 aliphatic heterocycles. The van der Waals surface area contributed by atoms with Crippen molar-refractivity contribution in [2.75, 3.05) is 20.2 Å². The molecule has 0 saturated carbocycles. The minimum Gasteiger partial charge on any atom is -0.496 e. The van der Waals surface area contributed by atoms with Crippen molar-refractivity contribution in [2.45, 2.75) is 13.3 Å². The van der Waals surface area contributed by atoms with Crippen LogP contribution in [0.3, 0.4) is 0 Å². The van der Waals surface area contributed by atoms with Crippen LogP contribution in [0, 0.1) is 0 Å². The minimum atomic E-state index is 0.127. The molecule has 88 valence electrons. The zero-order valence-corrected chi connectivity index (χ0v) is 10.3. The molecule has 0 spiro atoms. The van der Waals surface area contributed by atoms with Gasteiger partial charge in [-0.05, 0) is 24.7 Å². The highest BCUT2D eigenvalue weighted by atomic mass is 35.5. The standard InChI is InChI=1S/C12H16ClNO2/c1-3-14-8-11(15)7-9-6-10(13)4-5-12(9)16-2/h4-6,14H,3,7-8H2,1-2H3. The molecule has 0 aliphatic carbocycles. The lowest BCUT2D eigenvalue weighted by atomic mass is 10.1. The molecule has 0 amide bonds. The fourth-order valence-electron chi connectivity index (χ4n) is 1.42. The number of Topliss-reactive ketones (excluding diaryl/α,β-unsaturated/α-hetero) is 1. The van der Waals surface area contributed by atoms with Gasteiger partial charge in [0.1, 0.15) is 5.75 Å². The molecular formula is C12H16ClNO2. The van der Waals surface area contributed by atoms with Crippen LogP contribution in [0.15, 0.2) is 18.2 Å². The number of carbonyl (C=O) groups is 1. The van der Waals surface area contributed by atoms with Gasteiger partial charge < -0.3 is 10.1 Å². The Labute approximate surface area is 101 Å². The summed E-state index contributed by atoms with van der Waals surface area (Å²) < 4.78 is 5.17. The second kappa shape index (κ2) is 6.51. The van der Waals surface area contributed by atoms with Crippen molar-refractivity contribution < 1.29 is 9.53 Å². The lowest BCUT2D eigenvalue weighted by Gasteiger charge is -2.08. The van der Waals surface area contributed by atoms with E-state index in [-0.39, 0.29) is 5.78 Å². The van der Waals surface area contributed by atoms with Crippen LogP contribution in [0.1, 0.15) is 12.5 Å². The first kappa shape index (κ1) is 13.0. The normalized spacial score (nSPS) is 10.2. The predicted octanol–water partition coefficient (Wildman–Crippen LogP) is 2.07. The number of hydrogen-bond acceptors (Lipinski definition) is 3. The Hall–Kier alpha value is -1.06. The number of rotatable bonds is 6.